The molecule has 3 rings (SSSR count). The number of hydrogen-bond acceptors (Lipinski definition) is 4. The predicted octanol–water partition coefficient (Wildman–Crippen LogP) is 2.29. The lowest BCUT2D eigenvalue weighted by Gasteiger charge is -2.29. The zero-order chi connectivity index (χ0) is 18.7. The number of ether oxygens (including phenoxy) is 1. The van der Waals surface area contributed by atoms with E-state index in [4.69, 9.17) is 10.5 Å². The van der Waals surface area contributed by atoms with Crippen molar-refractivity contribution in [1.82, 2.24) is 5.32 Å². The average molecular weight is 371 g/mol. The Kier molecular flexibility index (Phi) is 5.72. The number of carbonyl (C=O) groups excluding carboxylic acids is 1. The standard InChI is InChI=1S/C18H24F3N3O2/c19-18(20,21)16-10-15(24-5-7-26-8-6-24)4-2-13(16)11-23-17(25)12-1-3-14(22)9-12/h2,4,10,12,14H,1,3,5-9,11,22H2,(H,23,25)/t12-,14+/m0/s1. The number of nitrogens with one attached hydrogen (secondary N) is 1. The minimum absolute atomic E-state index is 0.00397. The van der Waals surface area contributed by atoms with Crippen LogP contribution < -0.4 is 16.0 Å². The van der Waals surface area contributed by atoms with E-state index in [9.17, 15) is 18.0 Å². The number of morpholine rings is 1. The first-order chi connectivity index (χ1) is 12.3. The van der Waals surface area contributed by atoms with E-state index in [-0.39, 0.29) is 30.0 Å². The number of alkyl halides is 3. The molecule has 3 N–H and O–H groups in total. The molecule has 1 saturated heterocycles. The van der Waals surface area contributed by atoms with E-state index in [1.807, 2.05) is 4.90 Å². The van der Waals surface area contributed by atoms with E-state index in [0.717, 1.165) is 12.5 Å². The minimum atomic E-state index is -4.47. The fraction of sp³-hybridized carbons (Fsp3) is 0.611. The fourth-order valence-electron chi connectivity index (χ4n) is 3.58. The van der Waals surface area contributed by atoms with Crippen LogP contribution in [0.5, 0.6) is 0 Å². The molecule has 1 saturated carbocycles. The van der Waals surface area contributed by atoms with Gasteiger partial charge in [0.1, 0.15) is 0 Å². The van der Waals surface area contributed by atoms with Gasteiger partial charge in [0, 0.05) is 37.3 Å². The molecule has 1 amide bonds. The highest BCUT2D eigenvalue weighted by molar-refractivity contribution is 5.79. The second-order valence-electron chi connectivity index (χ2n) is 6.93. The summed E-state index contributed by atoms with van der Waals surface area (Å²) in [5.41, 5.74) is 5.69. The second-order valence-corrected chi connectivity index (χ2v) is 6.93. The quantitative estimate of drug-likeness (QED) is 0.852. The molecule has 0 unspecified atom stereocenters. The van der Waals surface area contributed by atoms with E-state index in [1.54, 1.807) is 6.07 Å². The third kappa shape index (κ3) is 4.48. The molecule has 0 spiro atoms. The molecule has 0 bridgehead atoms. The molecule has 2 aliphatic rings. The number of amides is 1. The Bertz CT molecular complexity index is 645. The molecule has 2 atom stereocenters. The van der Waals surface area contributed by atoms with E-state index >= 15 is 0 Å². The van der Waals surface area contributed by atoms with Gasteiger partial charge in [0.2, 0.25) is 5.91 Å². The number of nitrogens with zero attached hydrogens (tertiary/aromatic N) is 1. The smallest absolute Gasteiger partial charge is 0.378 e. The summed E-state index contributed by atoms with van der Waals surface area (Å²) >= 11 is 0. The Labute approximate surface area is 150 Å². The van der Waals surface area contributed by atoms with Crippen molar-refractivity contribution in [3.63, 3.8) is 0 Å². The monoisotopic (exact) mass is 371 g/mol. The Morgan fingerprint density at radius 1 is 1.27 bits per heavy atom. The van der Waals surface area contributed by atoms with Crippen molar-refractivity contribution in [3.8, 4) is 0 Å². The van der Waals surface area contributed by atoms with Gasteiger partial charge in [-0.25, -0.2) is 0 Å². The highest BCUT2D eigenvalue weighted by Crippen LogP contribution is 2.35. The zero-order valence-corrected chi connectivity index (χ0v) is 14.5. The molecule has 8 heteroatoms. The SMILES string of the molecule is N[C@@H]1CC[C@H](C(=O)NCc2ccc(N3CCOCC3)cc2C(F)(F)F)C1. The molecule has 0 aromatic heterocycles. The summed E-state index contributed by atoms with van der Waals surface area (Å²) in [6.07, 6.45) is -2.42. The van der Waals surface area contributed by atoms with Crippen LogP contribution in [-0.4, -0.2) is 38.3 Å². The van der Waals surface area contributed by atoms with Crippen LogP contribution in [0.25, 0.3) is 0 Å². The molecule has 1 aromatic rings. The van der Waals surface area contributed by atoms with Crippen molar-refractivity contribution in [3.05, 3.63) is 29.3 Å². The summed E-state index contributed by atoms with van der Waals surface area (Å²) in [6.45, 7) is 2.00. The maximum absolute atomic E-state index is 13.5. The number of benzene rings is 1. The lowest BCUT2D eigenvalue weighted by Crippen LogP contribution is -2.36. The molecular weight excluding hydrogens is 347 g/mol. The van der Waals surface area contributed by atoms with Gasteiger partial charge in [0.05, 0.1) is 18.8 Å². The van der Waals surface area contributed by atoms with Crippen molar-refractivity contribution in [2.24, 2.45) is 11.7 Å². The van der Waals surface area contributed by atoms with Gasteiger partial charge >= 0.3 is 6.18 Å². The highest BCUT2D eigenvalue weighted by atomic mass is 19.4. The van der Waals surface area contributed by atoms with Crippen LogP contribution in [0.15, 0.2) is 18.2 Å². The molecule has 5 nitrogen and oxygen atoms in total. The maximum atomic E-state index is 13.5. The van der Waals surface area contributed by atoms with Crippen molar-refractivity contribution in [1.29, 1.82) is 0 Å². The second kappa shape index (κ2) is 7.84. The molecule has 1 aliphatic carbocycles. The summed E-state index contributed by atoms with van der Waals surface area (Å²) in [7, 11) is 0. The lowest BCUT2D eigenvalue weighted by molar-refractivity contribution is -0.138. The van der Waals surface area contributed by atoms with Crippen LogP contribution >= 0.6 is 0 Å². The summed E-state index contributed by atoms with van der Waals surface area (Å²) in [4.78, 5) is 14.0. The van der Waals surface area contributed by atoms with E-state index in [2.05, 4.69) is 5.32 Å². The van der Waals surface area contributed by atoms with Crippen LogP contribution in [0.1, 0.15) is 30.4 Å². The van der Waals surface area contributed by atoms with Gasteiger partial charge in [-0.1, -0.05) is 6.07 Å². The first-order valence-corrected chi connectivity index (χ1v) is 8.90. The predicted molar refractivity (Wildman–Crippen MR) is 91.6 cm³/mol. The third-order valence-electron chi connectivity index (χ3n) is 5.07. The lowest BCUT2D eigenvalue weighted by atomic mass is 10.0. The average Bonchev–Trinajstić information content (AvgIpc) is 3.06. The Balaban J connectivity index is 1.72. The number of halogens is 3. The molecule has 0 radical (unpaired) electrons. The van der Waals surface area contributed by atoms with Gasteiger partial charge in [-0.2, -0.15) is 13.2 Å². The van der Waals surface area contributed by atoms with Gasteiger partial charge in [-0.05, 0) is 37.0 Å². The van der Waals surface area contributed by atoms with Crippen LogP contribution in [0, 0.1) is 5.92 Å². The Morgan fingerprint density at radius 3 is 2.62 bits per heavy atom. The molecule has 2 fully saturated rings. The van der Waals surface area contributed by atoms with Gasteiger partial charge in [-0.3, -0.25) is 4.79 Å². The third-order valence-corrected chi connectivity index (χ3v) is 5.07. The van der Waals surface area contributed by atoms with Crippen molar-refractivity contribution in [2.45, 2.75) is 38.0 Å². The molecule has 1 heterocycles. The summed E-state index contributed by atoms with van der Waals surface area (Å²) in [6, 6.07) is 4.30. The van der Waals surface area contributed by atoms with Crippen LogP contribution in [0.2, 0.25) is 0 Å². The number of carbonyl (C=O) groups is 1. The van der Waals surface area contributed by atoms with Gasteiger partial charge in [0.15, 0.2) is 0 Å². The molecule has 26 heavy (non-hydrogen) atoms. The molecular formula is C18H24F3N3O2. The molecule has 144 valence electrons. The largest absolute Gasteiger partial charge is 0.416 e. The number of rotatable bonds is 4. The van der Waals surface area contributed by atoms with Crippen LogP contribution in [0.4, 0.5) is 18.9 Å². The van der Waals surface area contributed by atoms with Crippen LogP contribution in [-0.2, 0) is 22.3 Å². The van der Waals surface area contributed by atoms with E-state index in [0.29, 0.717) is 44.8 Å². The van der Waals surface area contributed by atoms with Crippen molar-refractivity contribution < 1.29 is 22.7 Å². The summed E-state index contributed by atoms with van der Waals surface area (Å²) in [5, 5.41) is 2.64. The Hall–Kier alpha value is -1.80. The maximum Gasteiger partial charge on any atom is 0.416 e. The first-order valence-electron chi connectivity index (χ1n) is 8.90. The van der Waals surface area contributed by atoms with Gasteiger partial charge in [0.25, 0.3) is 0 Å². The number of anilines is 1. The van der Waals surface area contributed by atoms with Gasteiger partial charge < -0.3 is 20.7 Å². The van der Waals surface area contributed by atoms with Crippen molar-refractivity contribution >= 4 is 11.6 Å². The molecule has 1 aliphatic heterocycles. The Morgan fingerprint density at radius 2 is 2.00 bits per heavy atom. The first kappa shape index (κ1) is 19.0. The topological polar surface area (TPSA) is 67.6 Å². The number of nitrogens with two attached hydrogens (primary N) is 1. The van der Waals surface area contributed by atoms with Crippen LogP contribution in [0.3, 0.4) is 0 Å². The number of hydrogen-bond donors (Lipinski definition) is 2. The molecule has 1 aromatic carbocycles. The van der Waals surface area contributed by atoms with E-state index < -0.39 is 11.7 Å². The fourth-order valence-corrected chi connectivity index (χ4v) is 3.58. The normalized spacial score (nSPS) is 23.9. The summed E-state index contributed by atoms with van der Waals surface area (Å²) in [5.74, 6) is -0.421. The van der Waals surface area contributed by atoms with Crippen molar-refractivity contribution in [2.75, 3.05) is 31.2 Å². The van der Waals surface area contributed by atoms with Gasteiger partial charge in [-0.15, -0.1) is 0 Å². The van der Waals surface area contributed by atoms with E-state index in [1.165, 1.54) is 6.07 Å². The minimum Gasteiger partial charge on any atom is -0.378 e. The highest BCUT2D eigenvalue weighted by Gasteiger charge is 2.34. The zero-order valence-electron chi connectivity index (χ0n) is 14.5. The summed E-state index contributed by atoms with van der Waals surface area (Å²) < 4.78 is 45.7.